The molecule has 0 aromatic heterocycles. The van der Waals surface area contributed by atoms with E-state index in [0.717, 1.165) is 18.2 Å². The van der Waals surface area contributed by atoms with E-state index in [-0.39, 0.29) is 21.7 Å². The van der Waals surface area contributed by atoms with E-state index in [0.29, 0.717) is 11.6 Å². The Labute approximate surface area is 304 Å². The zero-order chi connectivity index (χ0) is 37.7. The quantitative estimate of drug-likeness (QED) is 0.190. The van der Waals surface area contributed by atoms with Crippen molar-refractivity contribution in [2.75, 3.05) is 15.5 Å². The van der Waals surface area contributed by atoms with Crippen LogP contribution in [0.4, 0.5) is 44.2 Å². The van der Waals surface area contributed by atoms with E-state index in [4.69, 9.17) is 55.9 Å². The molecule has 0 saturated heterocycles. The van der Waals surface area contributed by atoms with Gasteiger partial charge in [-0.3, -0.25) is 9.59 Å². The zero-order valence-electron chi connectivity index (χ0n) is 27.1. The van der Waals surface area contributed by atoms with Crippen LogP contribution in [-0.4, -0.2) is 39.5 Å². The smallest absolute Gasteiger partial charge is 0.424 e. The van der Waals surface area contributed by atoms with Gasteiger partial charge in [-0.05, 0) is 77.4 Å². The Balaban J connectivity index is 1.63. The number of amides is 4. The number of hydrogen-bond donors (Lipinski definition) is 2. The molecule has 9 nitrogen and oxygen atoms in total. The van der Waals surface area contributed by atoms with Gasteiger partial charge in [-0.15, -0.1) is 23.2 Å². The number of benzene rings is 3. The van der Waals surface area contributed by atoms with E-state index in [9.17, 15) is 28.0 Å². The Kier molecular flexibility index (Phi) is 11.0. The summed E-state index contributed by atoms with van der Waals surface area (Å²) in [6.45, 7) is 8.90. The van der Waals surface area contributed by atoms with Crippen LogP contribution in [-0.2, 0) is 14.3 Å². The minimum atomic E-state index is -1.64. The SMILES string of the molecule is CC(C)(C)OC(=O)N(C(=O)OC(C)(C)C)c1cc(NC(=O)c2cc(NC(=O)[C@H]3[C@H](c4ccc(F)c(Cl)c4)C3(Cl)Cl)cc(F)c2Cl)c(F)cc1F. The maximum Gasteiger partial charge on any atom is 0.424 e. The number of nitrogens with one attached hydrogen (secondary N) is 2. The van der Waals surface area contributed by atoms with Crippen LogP contribution in [0.25, 0.3) is 0 Å². The number of anilines is 3. The maximum absolute atomic E-state index is 15.2. The van der Waals surface area contributed by atoms with Crippen molar-refractivity contribution < 1.29 is 46.2 Å². The van der Waals surface area contributed by atoms with Gasteiger partial charge in [0.25, 0.3) is 5.91 Å². The lowest BCUT2D eigenvalue weighted by molar-refractivity contribution is -0.117. The lowest BCUT2D eigenvalue weighted by Gasteiger charge is -2.29. The van der Waals surface area contributed by atoms with Crippen molar-refractivity contribution in [1.82, 2.24) is 0 Å². The lowest BCUT2D eigenvalue weighted by Crippen LogP contribution is -2.44. The minimum Gasteiger partial charge on any atom is -0.443 e. The third-order valence-corrected chi connectivity index (χ3v) is 8.47. The highest BCUT2D eigenvalue weighted by molar-refractivity contribution is 6.53. The fourth-order valence-corrected chi connectivity index (χ4v) is 5.91. The standard InChI is InChI=1S/C33H29Cl4F4N3O6/c1-31(2,3)49-29(47)44(30(48)50-32(4,5)6)23-13-22(19(39)12-20(23)40)43-27(45)16-10-15(11-21(41)26(16)35)42-28(46)25-24(33(25,36)37)14-7-8-18(38)17(34)9-14/h7-13,24-25H,1-6H3,(H,42,46)(H,43,45)/t24-,25+/m0/s1. The molecule has 1 aliphatic carbocycles. The van der Waals surface area contributed by atoms with Crippen LogP contribution in [0, 0.1) is 29.2 Å². The van der Waals surface area contributed by atoms with Crippen LogP contribution in [0.5, 0.6) is 0 Å². The van der Waals surface area contributed by atoms with Gasteiger partial charge in [0.1, 0.15) is 33.0 Å². The first kappa shape index (κ1) is 39.0. The number of imide groups is 1. The highest BCUT2D eigenvalue weighted by Gasteiger charge is 2.67. The van der Waals surface area contributed by atoms with E-state index in [1.165, 1.54) is 53.7 Å². The second-order valence-corrected chi connectivity index (χ2v) is 15.4. The van der Waals surface area contributed by atoms with Gasteiger partial charge in [-0.25, -0.2) is 27.2 Å². The van der Waals surface area contributed by atoms with Crippen molar-refractivity contribution in [3.05, 3.63) is 86.9 Å². The second kappa shape index (κ2) is 14.1. The summed E-state index contributed by atoms with van der Waals surface area (Å²) in [4.78, 5) is 52.7. The Hall–Kier alpha value is -3.78. The predicted molar refractivity (Wildman–Crippen MR) is 181 cm³/mol. The number of ether oxygens (including phenoxy) is 2. The van der Waals surface area contributed by atoms with Crippen LogP contribution in [0.15, 0.2) is 42.5 Å². The number of rotatable bonds is 6. The monoisotopic (exact) mass is 779 g/mol. The third kappa shape index (κ3) is 8.74. The summed E-state index contributed by atoms with van der Waals surface area (Å²) >= 11 is 24.6. The average molecular weight is 781 g/mol. The van der Waals surface area contributed by atoms with Crippen molar-refractivity contribution in [3.8, 4) is 0 Å². The predicted octanol–water partition coefficient (Wildman–Crippen LogP) is 10.0. The molecule has 0 radical (unpaired) electrons. The summed E-state index contributed by atoms with van der Waals surface area (Å²) in [5, 5.41) is 3.53. The van der Waals surface area contributed by atoms with Crippen LogP contribution < -0.4 is 15.5 Å². The topological polar surface area (TPSA) is 114 Å². The number of carbonyl (C=O) groups is 4. The summed E-state index contributed by atoms with van der Waals surface area (Å²) in [6.07, 6.45) is -2.75. The number of alkyl halides is 2. The summed E-state index contributed by atoms with van der Waals surface area (Å²) < 4.78 is 67.6. The number of hydrogen-bond acceptors (Lipinski definition) is 6. The van der Waals surface area contributed by atoms with Crippen LogP contribution in [0.1, 0.15) is 63.4 Å². The fourth-order valence-electron chi connectivity index (χ4n) is 4.70. The molecule has 2 atom stereocenters. The molecule has 3 aromatic carbocycles. The van der Waals surface area contributed by atoms with Crippen molar-refractivity contribution >= 4 is 87.5 Å². The molecule has 17 heteroatoms. The van der Waals surface area contributed by atoms with Crippen molar-refractivity contribution in [2.24, 2.45) is 5.92 Å². The molecule has 1 aliphatic rings. The molecule has 0 heterocycles. The van der Waals surface area contributed by atoms with Gasteiger partial charge < -0.3 is 20.1 Å². The highest BCUT2D eigenvalue weighted by atomic mass is 35.5. The highest BCUT2D eigenvalue weighted by Crippen LogP contribution is 2.65. The summed E-state index contributed by atoms with van der Waals surface area (Å²) in [5.74, 6) is -8.58. The molecule has 268 valence electrons. The van der Waals surface area contributed by atoms with Crippen molar-refractivity contribution in [2.45, 2.75) is 63.0 Å². The molecular formula is C33H29Cl4F4N3O6. The molecule has 0 spiro atoms. The van der Waals surface area contributed by atoms with Gasteiger partial charge >= 0.3 is 12.2 Å². The van der Waals surface area contributed by atoms with Crippen LogP contribution >= 0.6 is 46.4 Å². The first-order valence-corrected chi connectivity index (χ1v) is 16.1. The van der Waals surface area contributed by atoms with Gasteiger partial charge in [-0.2, -0.15) is 4.90 Å². The summed E-state index contributed by atoms with van der Waals surface area (Å²) in [6, 6.07) is 6.36. The van der Waals surface area contributed by atoms with Gasteiger partial charge in [-0.1, -0.05) is 29.3 Å². The number of halogens is 8. The van der Waals surface area contributed by atoms with Crippen molar-refractivity contribution in [1.29, 1.82) is 0 Å². The van der Waals surface area contributed by atoms with E-state index in [1.54, 1.807) is 0 Å². The molecule has 50 heavy (non-hydrogen) atoms. The van der Waals surface area contributed by atoms with E-state index in [1.807, 2.05) is 0 Å². The number of nitrogens with zero attached hydrogens (tertiary/aromatic N) is 1. The van der Waals surface area contributed by atoms with E-state index in [2.05, 4.69) is 10.6 Å². The van der Waals surface area contributed by atoms with E-state index < -0.39 is 96.6 Å². The minimum absolute atomic E-state index is 0.183. The zero-order valence-corrected chi connectivity index (χ0v) is 30.1. The maximum atomic E-state index is 15.2. The molecule has 1 fully saturated rings. The molecular weight excluding hydrogens is 752 g/mol. The Morgan fingerprint density at radius 1 is 0.760 bits per heavy atom. The first-order valence-electron chi connectivity index (χ1n) is 14.6. The largest absolute Gasteiger partial charge is 0.443 e. The molecule has 4 amide bonds. The third-order valence-electron chi connectivity index (χ3n) is 6.86. The molecule has 0 unspecified atom stereocenters. The normalized spacial score (nSPS) is 16.7. The lowest BCUT2D eigenvalue weighted by atomic mass is 10.1. The summed E-state index contributed by atoms with van der Waals surface area (Å²) in [5.41, 5.74) is -4.45. The first-order chi connectivity index (χ1) is 22.9. The Bertz CT molecular complexity index is 1870. The van der Waals surface area contributed by atoms with Gasteiger partial charge in [0.05, 0.1) is 32.9 Å². The van der Waals surface area contributed by atoms with Crippen LogP contribution in [0.3, 0.4) is 0 Å². The second-order valence-electron chi connectivity index (χ2n) is 13.1. The van der Waals surface area contributed by atoms with Crippen molar-refractivity contribution in [3.63, 3.8) is 0 Å². The molecule has 0 aliphatic heterocycles. The van der Waals surface area contributed by atoms with Gasteiger partial charge in [0.2, 0.25) is 5.91 Å². The van der Waals surface area contributed by atoms with Gasteiger partial charge in [0, 0.05) is 17.7 Å². The molecule has 4 rings (SSSR count). The summed E-state index contributed by atoms with van der Waals surface area (Å²) in [7, 11) is 0. The van der Waals surface area contributed by atoms with Gasteiger partial charge in [0.15, 0.2) is 5.82 Å². The fraction of sp³-hybridized carbons (Fsp3) is 0.333. The molecule has 2 N–H and O–H groups in total. The average Bonchev–Trinajstić information content (AvgIpc) is 3.54. The molecule has 3 aromatic rings. The molecule has 0 bridgehead atoms. The van der Waals surface area contributed by atoms with E-state index >= 15 is 8.78 Å². The number of carbonyl (C=O) groups excluding carboxylic acids is 4. The Morgan fingerprint density at radius 2 is 1.34 bits per heavy atom. The molecule has 1 saturated carbocycles. The van der Waals surface area contributed by atoms with Crippen LogP contribution in [0.2, 0.25) is 10.0 Å². The Morgan fingerprint density at radius 3 is 1.88 bits per heavy atom.